The van der Waals surface area contributed by atoms with E-state index in [9.17, 15) is 9.59 Å². The summed E-state index contributed by atoms with van der Waals surface area (Å²) in [5, 5.41) is 5.56. The normalized spacial score (nSPS) is 13.3. The minimum atomic E-state index is -0.927. The molecule has 0 aliphatic carbocycles. The molecule has 2 rings (SSSR count). The van der Waals surface area contributed by atoms with Crippen LogP contribution in [-0.4, -0.2) is 29.7 Å². The van der Waals surface area contributed by atoms with Gasteiger partial charge in [-0.05, 0) is 58.7 Å². The van der Waals surface area contributed by atoms with Crippen molar-refractivity contribution in [2.45, 2.75) is 65.9 Å². The van der Waals surface area contributed by atoms with Crippen LogP contribution in [0.25, 0.3) is 0 Å². The highest BCUT2D eigenvalue weighted by Gasteiger charge is 2.30. The Morgan fingerprint density at radius 3 is 2.30 bits per heavy atom. The maximum absolute atomic E-state index is 13.0. The second-order valence-electron chi connectivity index (χ2n) is 8.43. The van der Waals surface area contributed by atoms with Gasteiger partial charge in [-0.25, -0.2) is 4.79 Å². The third-order valence-electron chi connectivity index (χ3n) is 4.42. The molecule has 0 fully saturated rings. The molecule has 2 amide bonds. The van der Waals surface area contributed by atoms with Crippen molar-refractivity contribution in [2.24, 2.45) is 0 Å². The number of nitrogens with one attached hydrogen (secondary N) is 2. The average molecular weight is 413 g/mol. The van der Waals surface area contributed by atoms with E-state index in [2.05, 4.69) is 10.6 Å². The molecular weight excluding hydrogens is 380 g/mol. The van der Waals surface area contributed by atoms with E-state index in [0.29, 0.717) is 12.3 Å². The van der Waals surface area contributed by atoms with Crippen LogP contribution in [0.2, 0.25) is 0 Å². The summed E-state index contributed by atoms with van der Waals surface area (Å²) in [4.78, 5) is 25.4. The number of alkyl carbamates (subject to hydrolysis) is 1. The molecule has 0 aliphatic heterocycles. The highest BCUT2D eigenvalue weighted by molar-refractivity contribution is 5.97. The third-order valence-corrected chi connectivity index (χ3v) is 4.42. The summed E-state index contributed by atoms with van der Waals surface area (Å²) in [7, 11) is 0. The summed E-state index contributed by atoms with van der Waals surface area (Å²) < 4.78 is 11.2. The molecule has 6 heteroatoms. The van der Waals surface area contributed by atoms with E-state index in [1.165, 1.54) is 0 Å². The second kappa shape index (κ2) is 10.3. The van der Waals surface area contributed by atoms with Gasteiger partial charge in [-0.1, -0.05) is 48.0 Å². The minimum absolute atomic E-state index is 0.325. The predicted octanol–water partition coefficient (Wildman–Crippen LogP) is 4.74. The lowest BCUT2D eigenvalue weighted by Gasteiger charge is -2.27. The van der Waals surface area contributed by atoms with Crippen LogP contribution in [0.15, 0.2) is 48.5 Å². The number of hydrogen-bond donors (Lipinski definition) is 2. The molecule has 162 valence electrons. The number of aryl methyl sites for hydroxylation is 2. The van der Waals surface area contributed by atoms with E-state index in [-0.39, 0.29) is 5.91 Å². The topological polar surface area (TPSA) is 76.7 Å². The first kappa shape index (κ1) is 23.4. The van der Waals surface area contributed by atoms with Gasteiger partial charge >= 0.3 is 6.09 Å². The lowest BCUT2D eigenvalue weighted by molar-refractivity contribution is -0.122. The molecule has 2 N–H and O–H groups in total. The maximum atomic E-state index is 13.0. The lowest BCUT2D eigenvalue weighted by atomic mass is 10.1. The molecule has 0 aromatic heterocycles. The summed E-state index contributed by atoms with van der Waals surface area (Å²) >= 11 is 0. The predicted molar refractivity (Wildman–Crippen MR) is 118 cm³/mol. The quantitative estimate of drug-likeness (QED) is 0.689. The van der Waals surface area contributed by atoms with Crippen molar-refractivity contribution >= 4 is 17.7 Å². The fourth-order valence-corrected chi connectivity index (χ4v) is 2.89. The highest BCUT2D eigenvalue weighted by Crippen LogP contribution is 2.17. The first-order valence-electron chi connectivity index (χ1n) is 10.1. The number of carbonyl (C=O) groups is 2. The van der Waals surface area contributed by atoms with Crippen LogP contribution in [0, 0.1) is 13.8 Å². The van der Waals surface area contributed by atoms with Crippen LogP contribution >= 0.6 is 0 Å². The Labute approximate surface area is 179 Å². The summed E-state index contributed by atoms with van der Waals surface area (Å²) in [5.41, 5.74) is 3.05. The van der Waals surface area contributed by atoms with Crippen LogP contribution in [0.3, 0.4) is 0 Å². The van der Waals surface area contributed by atoms with E-state index < -0.39 is 23.8 Å². The second-order valence-corrected chi connectivity index (χ2v) is 8.43. The standard InChI is InChI=1S/C24H32N2O4/c1-16-12-13-20(17(2)14-16)25-22(27)21(26-23(28)30-24(4,5)6)18(3)29-15-19-10-8-7-9-11-19/h7-14,18,21H,15H2,1-6H3,(H,25,27)(H,26,28)/t18-,21+/m0/s1. The number of carbonyl (C=O) groups excluding carboxylic acids is 2. The van der Waals surface area contributed by atoms with Gasteiger partial charge in [0, 0.05) is 5.69 Å². The molecule has 2 aromatic rings. The van der Waals surface area contributed by atoms with Crippen molar-refractivity contribution in [1.82, 2.24) is 5.32 Å². The zero-order valence-corrected chi connectivity index (χ0v) is 18.6. The van der Waals surface area contributed by atoms with E-state index in [0.717, 1.165) is 16.7 Å². The van der Waals surface area contributed by atoms with Gasteiger partial charge in [0.1, 0.15) is 11.6 Å². The molecule has 0 spiro atoms. The van der Waals surface area contributed by atoms with Crippen LogP contribution in [0.4, 0.5) is 10.5 Å². The van der Waals surface area contributed by atoms with Gasteiger partial charge in [0.05, 0.1) is 12.7 Å². The van der Waals surface area contributed by atoms with Gasteiger partial charge < -0.3 is 20.1 Å². The molecule has 0 bridgehead atoms. The van der Waals surface area contributed by atoms with Gasteiger partial charge in [0.2, 0.25) is 5.91 Å². The van der Waals surface area contributed by atoms with Crippen molar-refractivity contribution in [2.75, 3.05) is 5.32 Å². The largest absolute Gasteiger partial charge is 0.444 e. The fourth-order valence-electron chi connectivity index (χ4n) is 2.89. The maximum Gasteiger partial charge on any atom is 0.408 e. The smallest absolute Gasteiger partial charge is 0.408 e. The molecule has 2 atom stereocenters. The summed E-state index contributed by atoms with van der Waals surface area (Å²) in [6.07, 6.45) is -1.25. The van der Waals surface area contributed by atoms with Crippen molar-refractivity contribution in [3.63, 3.8) is 0 Å². The Balaban J connectivity index is 2.13. The number of ether oxygens (including phenoxy) is 2. The SMILES string of the molecule is Cc1ccc(NC(=O)[C@H](NC(=O)OC(C)(C)C)[C@H](C)OCc2ccccc2)c(C)c1. The van der Waals surface area contributed by atoms with Crippen molar-refractivity contribution in [1.29, 1.82) is 0 Å². The van der Waals surface area contributed by atoms with Gasteiger partial charge in [-0.15, -0.1) is 0 Å². The molecule has 0 saturated carbocycles. The zero-order chi connectivity index (χ0) is 22.3. The Kier molecular flexibility index (Phi) is 8.00. The third kappa shape index (κ3) is 7.52. The monoisotopic (exact) mass is 412 g/mol. The molecule has 2 aromatic carbocycles. The van der Waals surface area contributed by atoms with Gasteiger partial charge in [0.15, 0.2) is 0 Å². The molecule has 0 unspecified atom stereocenters. The van der Waals surface area contributed by atoms with Crippen LogP contribution in [-0.2, 0) is 20.9 Å². The van der Waals surface area contributed by atoms with Crippen LogP contribution < -0.4 is 10.6 Å². The van der Waals surface area contributed by atoms with Crippen LogP contribution in [0.1, 0.15) is 44.4 Å². The lowest BCUT2D eigenvalue weighted by Crippen LogP contribution is -2.52. The zero-order valence-electron chi connectivity index (χ0n) is 18.6. The summed E-state index contributed by atoms with van der Waals surface area (Å²) in [6, 6.07) is 14.5. The Morgan fingerprint density at radius 2 is 1.70 bits per heavy atom. The average Bonchev–Trinajstić information content (AvgIpc) is 2.65. The molecular formula is C24H32N2O4. The first-order valence-corrected chi connectivity index (χ1v) is 10.1. The Bertz CT molecular complexity index is 859. The van der Waals surface area contributed by atoms with Crippen molar-refractivity contribution in [3.8, 4) is 0 Å². The fraction of sp³-hybridized carbons (Fsp3) is 0.417. The number of rotatable bonds is 7. The minimum Gasteiger partial charge on any atom is -0.444 e. The van der Waals surface area contributed by atoms with E-state index in [1.54, 1.807) is 27.7 Å². The Hall–Kier alpha value is -2.86. The summed E-state index contributed by atoms with van der Waals surface area (Å²) in [6.45, 7) is 11.3. The molecule has 0 saturated heterocycles. The van der Waals surface area contributed by atoms with Gasteiger partial charge in [0.25, 0.3) is 0 Å². The van der Waals surface area contributed by atoms with Gasteiger partial charge in [-0.3, -0.25) is 4.79 Å². The van der Waals surface area contributed by atoms with Crippen LogP contribution in [0.5, 0.6) is 0 Å². The molecule has 0 radical (unpaired) electrons. The van der Waals surface area contributed by atoms with E-state index >= 15 is 0 Å². The first-order chi connectivity index (χ1) is 14.0. The Morgan fingerprint density at radius 1 is 1.03 bits per heavy atom. The van der Waals surface area contributed by atoms with Gasteiger partial charge in [-0.2, -0.15) is 0 Å². The van der Waals surface area contributed by atoms with Crippen molar-refractivity contribution < 1.29 is 19.1 Å². The van der Waals surface area contributed by atoms with Crippen molar-refractivity contribution in [3.05, 3.63) is 65.2 Å². The number of anilines is 1. The molecule has 30 heavy (non-hydrogen) atoms. The highest BCUT2D eigenvalue weighted by atomic mass is 16.6. The van der Waals surface area contributed by atoms with E-state index in [4.69, 9.17) is 9.47 Å². The number of amides is 2. The van der Waals surface area contributed by atoms with E-state index in [1.807, 2.05) is 62.4 Å². The number of benzene rings is 2. The molecule has 0 heterocycles. The number of hydrogen-bond acceptors (Lipinski definition) is 4. The molecule has 0 aliphatic rings. The molecule has 6 nitrogen and oxygen atoms in total. The summed E-state index contributed by atoms with van der Waals surface area (Å²) in [5.74, 6) is -0.367.